The van der Waals surface area contributed by atoms with Crippen LogP contribution in [0.4, 0.5) is 0 Å². The molecule has 2 aromatic carbocycles. The van der Waals surface area contributed by atoms with Crippen LogP contribution in [0.1, 0.15) is 10.4 Å². The summed E-state index contributed by atoms with van der Waals surface area (Å²) in [4.78, 5) is 11.5. The van der Waals surface area contributed by atoms with E-state index >= 15 is 0 Å². The summed E-state index contributed by atoms with van der Waals surface area (Å²) in [5.74, 6) is -0.0333. The highest BCUT2D eigenvalue weighted by atomic mass is 16.7. The molecule has 28 heavy (non-hydrogen) atoms. The van der Waals surface area contributed by atoms with Gasteiger partial charge in [-0.2, -0.15) is 0 Å². The van der Waals surface area contributed by atoms with Crippen LogP contribution < -0.4 is 4.74 Å². The lowest BCUT2D eigenvalue weighted by Gasteiger charge is -2.39. The van der Waals surface area contributed by atoms with Crippen LogP contribution in [0.5, 0.6) is 5.75 Å². The van der Waals surface area contributed by atoms with Gasteiger partial charge in [0.05, 0.1) is 19.3 Å². The molecule has 3 rings (SSSR count). The van der Waals surface area contributed by atoms with Gasteiger partial charge in [-0.05, 0) is 35.4 Å². The van der Waals surface area contributed by atoms with Gasteiger partial charge in [-0.1, -0.05) is 24.3 Å². The second-order valence-electron chi connectivity index (χ2n) is 6.41. The maximum Gasteiger partial charge on any atom is 0.337 e. The predicted molar refractivity (Wildman–Crippen MR) is 97.6 cm³/mol. The fourth-order valence-electron chi connectivity index (χ4n) is 2.94. The lowest BCUT2D eigenvalue weighted by Crippen LogP contribution is -2.60. The molecule has 1 aliphatic heterocycles. The summed E-state index contributed by atoms with van der Waals surface area (Å²) in [7, 11) is 1.32. The molecule has 0 radical (unpaired) electrons. The number of esters is 1. The van der Waals surface area contributed by atoms with E-state index in [0.29, 0.717) is 11.3 Å². The van der Waals surface area contributed by atoms with Gasteiger partial charge in [0, 0.05) is 0 Å². The van der Waals surface area contributed by atoms with Gasteiger partial charge in [-0.15, -0.1) is 0 Å². The van der Waals surface area contributed by atoms with E-state index < -0.39 is 43.3 Å². The molecule has 2 aromatic rings. The van der Waals surface area contributed by atoms with Gasteiger partial charge in [-0.3, -0.25) is 0 Å². The second-order valence-corrected chi connectivity index (χ2v) is 6.41. The van der Waals surface area contributed by atoms with Crippen LogP contribution in [0.15, 0.2) is 48.5 Å². The zero-order valence-corrected chi connectivity index (χ0v) is 15.1. The fraction of sp³-hybridized carbons (Fsp3) is 0.350. The largest absolute Gasteiger partial charge is 0.465 e. The summed E-state index contributed by atoms with van der Waals surface area (Å²) in [5.41, 5.74) is 2.21. The lowest BCUT2D eigenvalue weighted by atomic mass is 9.99. The van der Waals surface area contributed by atoms with Crippen molar-refractivity contribution in [1.29, 1.82) is 0 Å². The van der Waals surface area contributed by atoms with Gasteiger partial charge < -0.3 is 34.6 Å². The van der Waals surface area contributed by atoms with Crippen LogP contribution in [-0.2, 0) is 9.47 Å². The van der Waals surface area contributed by atoms with Crippen LogP contribution in [0.2, 0.25) is 0 Å². The Morgan fingerprint density at radius 3 is 2.04 bits per heavy atom. The fourth-order valence-corrected chi connectivity index (χ4v) is 2.94. The minimum absolute atomic E-state index is 0.374. The first-order valence-electron chi connectivity index (χ1n) is 8.70. The lowest BCUT2D eigenvalue weighted by molar-refractivity contribution is -0.277. The number of rotatable bonds is 5. The summed E-state index contributed by atoms with van der Waals surface area (Å²) in [6.45, 7) is -0.523. The standard InChI is InChI=1S/C20H22O8/c1-26-19(25)13-4-2-11(3-5-13)12-6-8-14(9-7-12)27-20-18(24)17(23)16(22)15(10-21)28-20/h2-9,15-18,20-24H,10H2,1H3/t15-,16-,17+,18+,20+/m1/s1. The first kappa shape index (κ1) is 20.2. The van der Waals surface area contributed by atoms with Crippen molar-refractivity contribution in [1.82, 2.24) is 0 Å². The van der Waals surface area contributed by atoms with E-state index in [0.717, 1.165) is 11.1 Å². The summed E-state index contributed by atoms with van der Waals surface area (Å²) < 4.78 is 15.5. The SMILES string of the molecule is COC(=O)c1ccc(-c2ccc(O[C@H]3O[C@H](CO)[C@@H](O)[C@H](O)[C@@H]3O)cc2)cc1. The molecule has 0 spiro atoms. The van der Waals surface area contributed by atoms with E-state index in [-0.39, 0.29) is 0 Å². The maximum absolute atomic E-state index is 11.5. The molecule has 150 valence electrons. The van der Waals surface area contributed by atoms with Crippen molar-refractivity contribution in [2.24, 2.45) is 0 Å². The molecular weight excluding hydrogens is 368 g/mol. The van der Waals surface area contributed by atoms with Crippen molar-refractivity contribution in [2.75, 3.05) is 13.7 Å². The van der Waals surface area contributed by atoms with Crippen LogP contribution in [-0.4, -0.2) is 70.8 Å². The number of hydrogen-bond acceptors (Lipinski definition) is 8. The number of carbonyl (C=O) groups is 1. The van der Waals surface area contributed by atoms with Gasteiger partial charge >= 0.3 is 5.97 Å². The van der Waals surface area contributed by atoms with Crippen molar-refractivity contribution >= 4 is 5.97 Å². The molecule has 5 atom stereocenters. The Hall–Kier alpha value is -2.49. The summed E-state index contributed by atoms with van der Waals surface area (Å²) >= 11 is 0. The van der Waals surface area contributed by atoms with Crippen molar-refractivity contribution < 1.29 is 39.4 Å². The molecule has 0 amide bonds. The number of aliphatic hydroxyl groups is 4. The average molecular weight is 390 g/mol. The highest BCUT2D eigenvalue weighted by Gasteiger charge is 2.44. The zero-order chi connectivity index (χ0) is 20.3. The third-order valence-electron chi connectivity index (χ3n) is 4.59. The Morgan fingerprint density at radius 1 is 0.929 bits per heavy atom. The smallest absolute Gasteiger partial charge is 0.337 e. The molecule has 1 aliphatic rings. The molecule has 0 bridgehead atoms. The van der Waals surface area contributed by atoms with Crippen LogP contribution >= 0.6 is 0 Å². The minimum Gasteiger partial charge on any atom is -0.465 e. The van der Waals surface area contributed by atoms with Gasteiger partial charge in [0.2, 0.25) is 6.29 Å². The summed E-state index contributed by atoms with van der Waals surface area (Å²) in [6.07, 6.45) is -6.67. The predicted octanol–water partition coefficient (Wildman–Crippen LogP) is 0.319. The van der Waals surface area contributed by atoms with Gasteiger partial charge in [0.25, 0.3) is 0 Å². The Balaban J connectivity index is 1.70. The first-order chi connectivity index (χ1) is 13.4. The van der Waals surface area contributed by atoms with Crippen molar-refractivity contribution in [2.45, 2.75) is 30.7 Å². The molecule has 0 aliphatic carbocycles. The summed E-state index contributed by atoms with van der Waals surface area (Å²) in [6, 6.07) is 13.8. The normalized spacial score (nSPS) is 27.2. The summed E-state index contributed by atoms with van der Waals surface area (Å²) in [5, 5.41) is 38.9. The molecule has 0 saturated carbocycles. The molecule has 8 nitrogen and oxygen atoms in total. The quantitative estimate of drug-likeness (QED) is 0.538. The molecule has 8 heteroatoms. The average Bonchev–Trinajstić information content (AvgIpc) is 2.74. The Labute approximate surface area is 161 Å². The molecule has 0 unspecified atom stereocenters. The van der Waals surface area contributed by atoms with Gasteiger partial charge in [0.15, 0.2) is 0 Å². The van der Waals surface area contributed by atoms with Gasteiger partial charge in [-0.25, -0.2) is 4.79 Å². The number of hydrogen-bond donors (Lipinski definition) is 4. The van der Waals surface area contributed by atoms with E-state index in [1.165, 1.54) is 7.11 Å². The van der Waals surface area contributed by atoms with E-state index in [4.69, 9.17) is 9.47 Å². The van der Waals surface area contributed by atoms with Crippen molar-refractivity contribution in [3.8, 4) is 16.9 Å². The van der Waals surface area contributed by atoms with E-state index in [2.05, 4.69) is 4.74 Å². The first-order valence-corrected chi connectivity index (χ1v) is 8.70. The van der Waals surface area contributed by atoms with Gasteiger partial charge in [0.1, 0.15) is 30.2 Å². The molecular formula is C20H22O8. The van der Waals surface area contributed by atoms with Crippen LogP contribution in [0.3, 0.4) is 0 Å². The van der Waals surface area contributed by atoms with Crippen molar-refractivity contribution in [3.63, 3.8) is 0 Å². The third kappa shape index (κ3) is 4.16. The number of methoxy groups -OCH3 is 1. The minimum atomic E-state index is -1.50. The molecule has 1 saturated heterocycles. The number of aliphatic hydroxyl groups excluding tert-OH is 4. The maximum atomic E-state index is 11.5. The Morgan fingerprint density at radius 2 is 1.50 bits per heavy atom. The molecule has 1 heterocycles. The second kappa shape index (κ2) is 8.68. The van der Waals surface area contributed by atoms with E-state index in [1.807, 2.05) is 0 Å². The van der Waals surface area contributed by atoms with Crippen LogP contribution in [0.25, 0.3) is 11.1 Å². The third-order valence-corrected chi connectivity index (χ3v) is 4.59. The zero-order valence-electron chi connectivity index (χ0n) is 15.1. The number of carbonyl (C=O) groups excluding carboxylic acids is 1. The molecule has 0 aromatic heterocycles. The molecule has 4 N–H and O–H groups in total. The van der Waals surface area contributed by atoms with Crippen molar-refractivity contribution in [3.05, 3.63) is 54.1 Å². The topological polar surface area (TPSA) is 126 Å². The Bertz CT molecular complexity index is 787. The van der Waals surface area contributed by atoms with E-state index in [1.54, 1.807) is 48.5 Å². The monoisotopic (exact) mass is 390 g/mol. The molecule has 1 fully saturated rings. The highest BCUT2D eigenvalue weighted by molar-refractivity contribution is 5.89. The number of benzene rings is 2. The Kier molecular flexibility index (Phi) is 6.28. The van der Waals surface area contributed by atoms with Crippen LogP contribution in [0, 0.1) is 0 Å². The highest BCUT2D eigenvalue weighted by Crippen LogP contribution is 2.27. The number of ether oxygens (including phenoxy) is 3. The van der Waals surface area contributed by atoms with E-state index in [9.17, 15) is 25.2 Å².